The maximum absolute atomic E-state index is 13.5. The SMILES string of the molecule is CCC(C)C(NC(=O)C(Cc1ccc(O)cc1)NC(=O)C(NC(=O)C(N)Cc1c[nH]c2ccccc12)C(C)C)C(=O)O. The molecule has 5 atom stereocenters. The predicted molar refractivity (Wildman–Crippen MR) is 160 cm³/mol. The number of carbonyl (C=O) groups excluding carboxylic acids is 3. The second kappa shape index (κ2) is 14.5. The van der Waals surface area contributed by atoms with E-state index in [0.717, 1.165) is 16.5 Å². The number of benzene rings is 2. The third-order valence-corrected chi connectivity index (χ3v) is 7.48. The molecule has 0 spiro atoms. The van der Waals surface area contributed by atoms with E-state index in [9.17, 15) is 29.4 Å². The molecule has 0 saturated heterocycles. The first-order chi connectivity index (χ1) is 19.9. The molecule has 11 heteroatoms. The number of fused-ring (bicyclic) bond motifs is 1. The van der Waals surface area contributed by atoms with E-state index < -0.39 is 47.9 Å². The minimum absolute atomic E-state index is 0.0313. The molecular formula is C31H41N5O6. The van der Waals surface area contributed by atoms with E-state index in [1.807, 2.05) is 31.2 Å². The fourth-order valence-corrected chi connectivity index (χ4v) is 4.70. The lowest BCUT2D eigenvalue weighted by molar-refractivity contribution is -0.143. The number of carboxylic acid groups (broad SMARTS) is 1. The zero-order chi connectivity index (χ0) is 31.0. The van der Waals surface area contributed by atoms with Crippen LogP contribution in [0.25, 0.3) is 10.9 Å². The number of para-hydroxylation sites is 1. The number of carboxylic acids is 1. The second-order valence-electron chi connectivity index (χ2n) is 11.0. The Morgan fingerprint density at radius 2 is 1.50 bits per heavy atom. The molecule has 5 unspecified atom stereocenters. The Labute approximate surface area is 245 Å². The summed E-state index contributed by atoms with van der Waals surface area (Å²) in [5.41, 5.74) is 8.67. The number of rotatable bonds is 14. The van der Waals surface area contributed by atoms with Gasteiger partial charge in [0.1, 0.15) is 23.9 Å². The highest BCUT2D eigenvalue weighted by molar-refractivity contribution is 5.94. The number of carbonyl (C=O) groups is 4. The van der Waals surface area contributed by atoms with Crippen LogP contribution in [-0.4, -0.2) is 63.1 Å². The maximum Gasteiger partial charge on any atom is 0.326 e. The van der Waals surface area contributed by atoms with Crippen LogP contribution in [0.15, 0.2) is 54.7 Å². The lowest BCUT2D eigenvalue weighted by Gasteiger charge is -2.28. The van der Waals surface area contributed by atoms with Gasteiger partial charge in [0.25, 0.3) is 0 Å². The number of phenols is 1. The van der Waals surface area contributed by atoms with Crippen molar-refractivity contribution < 1.29 is 29.4 Å². The molecule has 11 nitrogen and oxygen atoms in total. The molecule has 2 aromatic carbocycles. The average molecular weight is 580 g/mol. The van der Waals surface area contributed by atoms with Crippen molar-refractivity contribution >= 4 is 34.6 Å². The van der Waals surface area contributed by atoms with Crippen LogP contribution in [0.1, 0.15) is 45.2 Å². The van der Waals surface area contributed by atoms with Gasteiger partial charge in [-0.2, -0.15) is 0 Å². The molecule has 0 bridgehead atoms. The van der Waals surface area contributed by atoms with Gasteiger partial charge < -0.3 is 36.9 Å². The Hall–Kier alpha value is -4.38. The first-order valence-corrected chi connectivity index (χ1v) is 14.1. The zero-order valence-corrected chi connectivity index (χ0v) is 24.4. The molecule has 0 fully saturated rings. The van der Waals surface area contributed by atoms with E-state index in [0.29, 0.717) is 12.0 Å². The third kappa shape index (κ3) is 8.32. The molecule has 1 aromatic heterocycles. The molecule has 226 valence electrons. The summed E-state index contributed by atoms with van der Waals surface area (Å²) in [6, 6.07) is 9.56. The summed E-state index contributed by atoms with van der Waals surface area (Å²) >= 11 is 0. The van der Waals surface area contributed by atoms with Crippen molar-refractivity contribution in [1.29, 1.82) is 0 Å². The number of hydrogen-bond acceptors (Lipinski definition) is 6. The molecular weight excluding hydrogens is 538 g/mol. The smallest absolute Gasteiger partial charge is 0.326 e. The Balaban J connectivity index is 1.76. The number of nitrogens with one attached hydrogen (secondary N) is 4. The Morgan fingerprint density at radius 1 is 0.857 bits per heavy atom. The van der Waals surface area contributed by atoms with Crippen LogP contribution in [0.5, 0.6) is 5.75 Å². The lowest BCUT2D eigenvalue weighted by atomic mass is 9.97. The summed E-state index contributed by atoms with van der Waals surface area (Å²) in [4.78, 5) is 55.0. The molecule has 0 aliphatic carbocycles. The van der Waals surface area contributed by atoms with E-state index >= 15 is 0 Å². The molecule has 0 saturated carbocycles. The summed E-state index contributed by atoms with van der Waals surface area (Å²) in [7, 11) is 0. The minimum Gasteiger partial charge on any atom is -0.508 e. The number of hydrogen-bond donors (Lipinski definition) is 7. The molecule has 0 aliphatic heterocycles. The van der Waals surface area contributed by atoms with Crippen LogP contribution < -0.4 is 21.7 Å². The number of phenolic OH excluding ortho intramolecular Hbond substituents is 1. The van der Waals surface area contributed by atoms with Gasteiger partial charge in [-0.05, 0) is 47.6 Å². The zero-order valence-electron chi connectivity index (χ0n) is 24.4. The molecule has 0 aliphatic rings. The first-order valence-electron chi connectivity index (χ1n) is 14.1. The largest absolute Gasteiger partial charge is 0.508 e. The predicted octanol–water partition coefficient (Wildman–Crippen LogP) is 2.23. The van der Waals surface area contributed by atoms with Crippen LogP contribution in [0.3, 0.4) is 0 Å². The highest BCUT2D eigenvalue weighted by Gasteiger charge is 2.33. The number of nitrogens with two attached hydrogens (primary N) is 1. The van der Waals surface area contributed by atoms with Crippen molar-refractivity contribution in [3.63, 3.8) is 0 Å². The van der Waals surface area contributed by atoms with Crippen molar-refractivity contribution in [2.45, 2.75) is 71.1 Å². The molecule has 42 heavy (non-hydrogen) atoms. The number of amides is 3. The quantitative estimate of drug-likeness (QED) is 0.152. The summed E-state index contributed by atoms with van der Waals surface area (Å²) in [6.45, 7) is 7.06. The first kappa shape index (κ1) is 32.1. The van der Waals surface area contributed by atoms with Gasteiger partial charge >= 0.3 is 5.97 Å². The molecule has 1 heterocycles. The van der Waals surface area contributed by atoms with Gasteiger partial charge in [0, 0.05) is 23.5 Å². The number of H-pyrrole nitrogens is 1. The van der Waals surface area contributed by atoms with Crippen LogP contribution in [0.2, 0.25) is 0 Å². The fraction of sp³-hybridized carbons (Fsp3) is 0.419. The van der Waals surface area contributed by atoms with Crippen molar-refractivity contribution in [2.75, 3.05) is 0 Å². The van der Waals surface area contributed by atoms with Gasteiger partial charge in [-0.3, -0.25) is 14.4 Å². The lowest BCUT2D eigenvalue weighted by Crippen LogP contribution is -2.59. The number of aromatic nitrogens is 1. The summed E-state index contributed by atoms with van der Waals surface area (Å²) in [6.07, 6.45) is 2.61. The van der Waals surface area contributed by atoms with E-state index in [-0.39, 0.29) is 30.4 Å². The highest BCUT2D eigenvalue weighted by atomic mass is 16.4. The van der Waals surface area contributed by atoms with Crippen LogP contribution in [0, 0.1) is 11.8 Å². The van der Waals surface area contributed by atoms with Gasteiger partial charge in [-0.25, -0.2) is 4.79 Å². The maximum atomic E-state index is 13.5. The minimum atomic E-state index is -1.18. The van der Waals surface area contributed by atoms with Gasteiger partial charge in [-0.1, -0.05) is 64.4 Å². The molecule has 0 radical (unpaired) electrons. The normalized spacial score (nSPS) is 14.9. The molecule has 8 N–H and O–H groups in total. The van der Waals surface area contributed by atoms with Crippen LogP contribution >= 0.6 is 0 Å². The highest BCUT2D eigenvalue weighted by Crippen LogP contribution is 2.19. The fourth-order valence-electron chi connectivity index (χ4n) is 4.70. The van der Waals surface area contributed by atoms with E-state index in [1.165, 1.54) is 12.1 Å². The van der Waals surface area contributed by atoms with Crippen LogP contribution in [0.4, 0.5) is 0 Å². The van der Waals surface area contributed by atoms with Gasteiger partial charge in [0.2, 0.25) is 17.7 Å². The number of aromatic hydroxyl groups is 1. The standard InChI is InChI=1S/C31H41N5O6/c1-5-18(4)27(31(41)42)36-29(39)25(14-19-10-12-21(37)13-11-19)34-30(40)26(17(2)3)35-28(38)23(32)15-20-16-33-24-9-7-6-8-22(20)24/h6-13,16-18,23,25-27,33,37H,5,14-15,32H2,1-4H3,(H,34,40)(H,35,38)(H,36,39)(H,41,42). The number of aromatic amines is 1. The van der Waals surface area contributed by atoms with Gasteiger partial charge in [0.05, 0.1) is 6.04 Å². The Morgan fingerprint density at radius 3 is 2.12 bits per heavy atom. The third-order valence-electron chi connectivity index (χ3n) is 7.48. The monoisotopic (exact) mass is 579 g/mol. The number of aliphatic carboxylic acids is 1. The van der Waals surface area contributed by atoms with Crippen molar-refractivity contribution in [2.24, 2.45) is 17.6 Å². The van der Waals surface area contributed by atoms with Crippen molar-refractivity contribution in [1.82, 2.24) is 20.9 Å². The molecule has 3 rings (SSSR count). The van der Waals surface area contributed by atoms with E-state index in [4.69, 9.17) is 5.73 Å². The molecule has 3 aromatic rings. The van der Waals surface area contributed by atoms with E-state index in [1.54, 1.807) is 39.1 Å². The Bertz CT molecular complexity index is 1390. The Kier molecular flexibility index (Phi) is 11.1. The molecule has 3 amide bonds. The van der Waals surface area contributed by atoms with E-state index in [2.05, 4.69) is 20.9 Å². The summed E-state index contributed by atoms with van der Waals surface area (Å²) in [5.74, 6) is -3.63. The topological polar surface area (TPSA) is 187 Å². The average Bonchev–Trinajstić information content (AvgIpc) is 3.36. The second-order valence-corrected chi connectivity index (χ2v) is 11.0. The van der Waals surface area contributed by atoms with Gasteiger partial charge in [-0.15, -0.1) is 0 Å². The summed E-state index contributed by atoms with van der Waals surface area (Å²) < 4.78 is 0. The van der Waals surface area contributed by atoms with Gasteiger partial charge in [0.15, 0.2) is 0 Å². The summed E-state index contributed by atoms with van der Waals surface area (Å²) in [5, 5.41) is 28.3. The van der Waals surface area contributed by atoms with Crippen molar-refractivity contribution in [3.05, 3.63) is 65.9 Å². The van der Waals surface area contributed by atoms with Crippen LogP contribution in [-0.2, 0) is 32.0 Å². The van der Waals surface area contributed by atoms with Crippen molar-refractivity contribution in [3.8, 4) is 5.75 Å².